The first-order valence-corrected chi connectivity index (χ1v) is 8.59. The molecule has 0 amide bonds. The Morgan fingerprint density at radius 3 is 2.71 bits per heavy atom. The van der Waals surface area contributed by atoms with Crippen molar-refractivity contribution in [3.63, 3.8) is 0 Å². The summed E-state index contributed by atoms with van der Waals surface area (Å²) in [7, 11) is 0. The summed E-state index contributed by atoms with van der Waals surface area (Å²) in [6, 6.07) is 9.74. The van der Waals surface area contributed by atoms with E-state index in [2.05, 4.69) is 22.1 Å². The average molecular weight is 305 g/mol. The van der Waals surface area contributed by atoms with E-state index in [9.17, 15) is 0 Å². The Balaban J connectivity index is 1.64. The van der Waals surface area contributed by atoms with Gasteiger partial charge in [0.2, 0.25) is 5.16 Å². The molecule has 2 rings (SSSR count). The Hall–Kier alpha value is -1.49. The average Bonchev–Trinajstić information content (AvgIpc) is 2.98. The highest BCUT2D eigenvalue weighted by molar-refractivity contribution is 7.99. The second-order valence-electron chi connectivity index (χ2n) is 4.93. The molecule has 1 heterocycles. The third-order valence-electron chi connectivity index (χ3n) is 3.11. The van der Waals surface area contributed by atoms with E-state index in [1.54, 1.807) is 11.8 Å². The summed E-state index contributed by atoms with van der Waals surface area (Å²) in [5.74, 6) is 2.70. The lowest BCUT2D eigenvalue weighted by Gasteiger charge is -2.02. The van der Waals surface area contributed by atoms with E-state index in [0.717, 1.165) is 22.5 Å². The van der Waals surface area contributed by atoms with Crippen LogP contribution in [0.25, 0.3) is 0 Å². The third kappa shape index (κ3) is 6.21. The van der Waals surface area contributed by atoms with Gasteiger partial charge >= 0.3 is 0 Å². The summed E-state index contributed by atoms with van der Waals surface area (Å²) in [4.78, 5) is 4.43. The molecule has 0 aliphatic rings. The van der Waals surface area contributed by atoms with E-state index in [4.69, 9.17) is 4.74 Å². The summed E-state index contributed by atoms with van der Waals surface area (Å²) in [6.07, 6.45) is 6.50. The number of nitrogens with zero attached hydrogens (tertiary/aromatic N) is 2. The maximum Gasteiger partial charge on any atom is 0.208 e. The number of hydrogen-bond donors (Lipinski definition) is 1. The summed E-state index contributed by atoms with van der Waals surface area (Å²) >= 11 is 1.71. The number of hydrogen-bond acceptors (Lipinski definition) is 4. The standard InChI is InChI=1S/C16H23N3OS/c1-2-3-4-5-9-12-21-16-17-15(18-19-16)13-20-14-10-7-6-8-11-14/h6-8,10-11H,2-5,9,12-13H2,1H3,(H,17,18,19). The second-order valence-corrected chi connectivity index (χ2v) is 5.99. The number of ether oxygens (including phenoxy) is 1. The molecule has 0 spiro atoms. The van der Waals surface area contributed by atoms with Crippen LogP contribution < -0.4 is 4.74 Å². The Morgan fingerprint density at radius 1 is 1.10 bits per heavy atom. The molecule has 5 heteroatoms. The minimum Gasteiger partial charge on any atom is -0.486 e. The highest BCUT2D eigenvalue weighted by Crippen LogP contribution is 2.16. The van der Waals surface area contributed by atoms with Gasteiger partial charge in [-0.25, -0.2) is 4.98 Å². The van der Waals surface area contributed by atoms with Crippen LogP contribution in [0.1, 0.15) is 44.9 Å². The highest BCUT2D eigenvalue weighted by Gasteiger charge is 2.04. The number of H-pyrrole nitrogens is 1. The van der Waals surface area contributed by atoms with Crippen LogP contribution in [0.5, 0.6) is 5.75 Å². The van der Waals surface area contributed by atoms with E-state index < -0.39 is 0 Å². The van der Waals surface area contributed by atoms with Gasteiger partial charge in [-0.15, -0.1) is 5.10 Å². The molecule has 114 valence electrons. The molecule has 0 unspecified atom stereocenters. The van der Waals surface area contributed by atoms with Crippen LogP contribution in [-0.4, -0.2) is 20.9 Å². The van der Waals surface area contributed by atoms with Crippen molar-refractivity contribution in [3.05, 3.63) is 36.2 Å². The van der Waals surface area contributed by atoms with Crippen LogP contribution in [0, 0.1) is 0 Å². The molecule has 21 heavy (non-hydrogen) atoms. The van der Waals surface area contributed by atoms with Gasteiger partial charge in [-0.05, 0) is 18.6 Å². The summed E-state index contributed by atoms with van der Waals surface area (Å²) in [5.41, 5.74) is 0. The lowest BCUT2D eigenvalue weighted by Crippen LogP contribution is -1.97. The summed E-state index contributed by atoms with van der Waals surface area (Å²) in [5, 5.41) is 7.96. The van der Waals surface area contributed by atoms with Crippen LogP contribution in [-0.2, 0) is 6.61 Å². The van der Waals surface area contributed by atoms with Crippen LogP contribution >= 0.6 is 11.8 Å². The summed E-state index contributed by atoms with van der Waals surface area (Å²) < 4.78 is 5.63. The van der Waals surface area contributed by atoms with Crippen LogP contribution in [0.2, 0.25) is 0 Å². The first kappa shape index (κ1) is 15.9. The van der Waals surface area contributed by atoms with Crippen molar-refractivity contribution in [2.24, 2.45) is 0 Å². The number of aromatic nitrogens is 3. The fraction of sp³-hybridized carbons (Fsp3) is 0.500. The van der Waals surface area contributed by atoms with Crippen molar-refractivity contribution < 1.29 is 4.74 Å². The maximum absolute atomic E-state index is 5.63. The van der Waals surface area contributed by atoms with Gasteiger partial charge in [0.05, 0.1) is 0 Å². The van der Waals surface area contributed by atoms with E-state index in [-0.39, 0.29) is 0 Å². The first-order chi connectivity index (χ1) is 10.4. The van der Waals surface area contributed by atoms with E-state index in [0.29, 0.717) is 6.61 Å². The molecule has 0 fully saturated rings. The molecular formula is C16H23N3OS. The third-order valence-corrected chi connectivity index (χ3v) is 4.04. The number of nitrogens with one attached hydrogen (secondary N) is 1. The number of aromatic amines is 1. The van der Waals surface area contributed by atoms with E-state index in [1.165, 1.54) is 32.1 Å². The largest absolute Gasteiger partial charge is 0.486 e. The molecule has 0 aliphatic carbocycles. The number of unbranched alkanes of at least 4 members (excludes halogenated alkanes) is 4. The molecule has 0 saturated heterocycles. The zero-order valence-electron chi connectivity index (χ0n) is 12.5. The van der Waals surface area contributed by atoms with Gasteiger partial charge in [0.15, 0.2) is 5.82 Å². The van der Waals surface area contributed by atoms with E-state index >= 15 is 0 Å². The monoisotopic (exact) mass is 305 g/mol. The summed E-state index contributed by atoms with van der Waals surface area (Å²) in [6.45, 7) is 2.66. The molecule has 0 aliphatic heterocycles. The van der Waals surface area contributed by atoms with Gasteiger partial charge in [-0.2, -0.15) is 0 Å². The molecule has 1 aromatic heterocycles. The molecule has 1 aromatic carbocycles. The SMILES string of the molecule is CCCCCCCSc1n[nH]c(COc2ccccc2)n1. The molecular weight excluding hydrogens is 282 g/mol. The molecule has 4 nitrogen and oxygen atoms in total. The second kappa shape index (κ2) is 9.45. The van der Waals surface area contributed by atoms with Gasteiger partial charge < -0.3 is 4.74 Å². The Morgan fingerprint density at radius 2 is 1.90 bits per heavy atom. The Kier molecular flexibility index (Phi) is 7.15. The van der Waals surface area contributed by atoms with Crippen LogP contribution in [0.15, 0.2) is 35.5 Å². The normalized spacial score (nSPS) is 10.7. The highest BCUT2D eigenvalue weighted by atomic mass is 32.2. The van der Waals surface area contributed by atoms with Crippen molar-refractivity contribution in [2.45, 2.75) is 50.8 Å². The van der Waals surface area contributed by atoms with Crippen molar-refractivity contribution in [1.82, 2.24) is 15.2 Å². The molecule has 1 N–H and O–H groups in total. The zero-order valence-corrected chi connectivity index (χ0v) is 13.4. The number of para-hydroxylation sites is 1. The van der Waals surface area contributed by atoms with Gasteiger partial charge in [-0.1, -0.05) is 62.6 Å². The number of benzene rings is 1. The fourth-order valence-corrected chi connectivity index (χ4v) is 2.76. The molecule has 2 aromatic rings. The van der Waals surface area contributed by atoms with Crippen molar-refractivity contribution in [3.8, 4) is 5.75 Å². The predicted octanol–water partition coefficient (Wildman–Crippen LogP) is 4.45. The van der Waals surface area contributed by atoms with Crippen molar-refractivity contribution in [2.75, 3.05) is 5.75 Å². The minimum absolute atomic E-state index is 0.425. The minimum atomic E-state index is 0.425. The topological polar surface area (TPSA) is 50.8 Å². The van der Waals surface area contributed by atoms with Crippen molar-refractivity contribution >= 4 is 11.8 Å². The van der Waals surface area contributed by atoms with Crippen LogP contribution in [0.3, 0.4) is 0 Å². The zero-order chi connectivity index (χ0) is 14.8. The van der Waals surface area contributed by atoms with Crippen LogP contribution in [0.4, 0.5) is 0 Å². The lowest BCUT2D eigenvalue weighted by atomic mass is 10.2. The maximum atomic E-state index is 5.63. The molecule has 0 saturated carbocycles. The molecule has 0 bridgehead atoms. The Bertz CT molecular complexity index is 501. The van der Waals surface area contributed by atoms with Gasteiger partial charge in [0.25, 0.3) is 0 Å². The quantitative estimate of drug-likeness (QED) is 0.520. The van der Waals surface area contributed by atoms with Crippen molar-refractivity contribution in [1.29, 1.82) is 0 Å². The predicted molar refractivity (Wildman–Crippen MR) is 86.6 cm³/mol. The number of rotatable bonds is 10. The van der Waals surface area contributed by atoms with Gasteiger partial charge in [0, 0.05) is 5.75 Å². The fourth-order valence-electron chi connectivity index (χ4n) is 1.94. The lowest BCUT2D eigenvalue weighted by molar-refractivity contribution is 0.296. The van der Waals surface area contributed by atoms with Gasteiger partial charge in [0.1, 0.15) is 12.4 Å². The molecule has 0 atom stereocenters. The Labute approximate surface area is 130 Å². The molecule has 0 radical (unpaired) electrons. The van der Waals surface area contributed by atoms with E-state index in [1.807, 2.05) is 30.3 Å². The van der Waals surface area contributed by atoms with Gasteiger partial charge in [-0.3, -0.25) is 5.10 Å². The smallest absolute Gasteiger partial charge is 0.208 e. The number of thioether (sulfide) groups is 1. The first-order valence-electron chi connectivity index (χ1n) is 7.60.